The van der Waals surface area contributed by atoms with Gasteiger partial charge in [-0.15, -0.1) is 0 Å². The molecule has 0 bridgehead atoms. The lowest BCUT2D eigenvalue weighted by molar-refractivity contribution is -0.384. The van der Waals surface area contributed by atoms with Crippen LogP contribution in [0.3, 0.4) is 0 Å². The molecule has 0 saturated carbocycles. The first-order valence-electron chi connectivity index (χ1n) is 5.37. The Bertz CT molecular complexity index is 481. The van der Waals surface area contributed by atoms with Crippen molar-refractivity contribution in [2.75, 3.05) is 0 Å². The molecule has 1 rings (SSSR count). The van der Waals surface area contributed by atoms with Crippen molar-refractivity contribution in [3.63, 3.8) is 0 Å². The van der Waals surface area contributed by atoms with Crippen LogP contribution in [0.2, 0.25) is 0 Å². The second-order valence-electron chi connectivity index (χ2n) is 3.95. The Labute approximate surface area is 104 Å². The summed E-state index contributed by atoms with van der Waals surface area (Å²) in [7, 11) is 0. The average molecular weight is 251 g/mol. The molecule has 0 aliphatic rings. The highest BCUT2D eigenvalue weighted by atomic mass is 16.6. The monoisotopic (exact) mass is 251 g/mol. The van der Waals surface area contributed by atoms with Crippen LogP contribution >= 0.6 is 0 Å². The van der Waals surface area contributed by atoms with Crippen LogP contribution < -0.4 is 0 Å². The van der Waals surface area contributed by atoms with Crippen LogP contribution in [-0.4, -0.2) is 22.8 Å². The van der Waals surface area contributed by atoms with Crippen molar-refractivity contribution in [3.05, 3.63) is 39.9 Å². The lowest BCUT2D eigenvalue weighted by Gasteiger charge is -2.07. The predicted octanol–water partition coefficient (Wildman–Crippen LogP) is 2.12. The third kappa shape index (κ3) is 3.97. The molecule has 0 heterocycles. The molecule has 0 aliphatic heterocycles. The number of rotatable bonds is 5. The van der Waals surface area contributed by atoms with Crippen LogP contribution in [0.5, 0.6) is 0 Å². The van der Waals surface area contributed by atoms with Gasteiger partial charge in [0.25, 0.3) is 5.69 Å². The largest absolute Gasteiger partial charge is 0.463 e. The maximum Gasteiger partial charge on any atom is 0.313 e. The normalized spacial score (nSPS) is 10.2. The van der Waals surface area contributed by atoms with Crippen LogP contribution in [-0.2, 0) is 9.53 Å². The van der Waals surface area contributed by atoms with Gasteiger partial charge >= 0.3 is 5.97 Å². The summed E-state index contributed by atoms with van der Waals surface area (Å²) in [5, 5.41) is 10.5. The summed E-state index contributed by atoms with van der Waals surface area (Å²) in [6.07, 6.45) is -0.713. The minimum absolute atomic E-state index is 0.130. The minimum atomic E-state index is -0.637. The smallest absolute Gasteiger partial charge is 0.313 e. The third-order valence-corrected chi connectivity index (χ3v) is 2.05. The number of esters is 1. The fraction of sp³-hybridized carbons (Fsp3) is 0.333. The molecule has 0 radical (unpaired) electrons. The molecule has 0 N–H and O–H groups in total. The first-order chi connectivity index (χ1) is 8.40. The average Bonchev–Trinajstić information content (AvgIpc) is 2.27. The molecular weight excluding hydrogens is 238 g/mol. The van der Waals surface area contributed by atoms with Crippen LogP contribution in [0.1, 0.15) is 30.6 Å². The molecule has 0 aromatic heterocycles. The minimum Gasteiger partial charge on any atom is -0.463 e. The van der Waals surface area contributed by atoms with Gasteiger partial charge < -0.3 is 4.74 Å². The van der Waals surface area contributed by atoms with Crippen molar-refractivity contribution >= 4 is 17.4 Å². The summed E-state index contributed by atoms with van der Waals surface area (Å²) in [6.45, 7) is 3.35. The second-order valence-corrected chi connectivity index (χ2v) is 3.95. The van der Waals surface area contributed by atoms with E-state index in [2.05, 4.69) is 0 Å². The zero-order chi connectivity index (χ0) is 13.7. The first-order valence-corrected chi connectivity index (χ1v) is 5.37. The Morgan fingerprint density at radius 3 is 2.61 bits per heavy atom. The van der Waals surface area contributed by atoms with Gasteiger partial charge in [-0.05, 0) is 13.8 Å². The van der Waals surface area contributed by atoms with E-state index in [0.717, 1.165) is 6.07 Å². The van der Waals surface area contributed by atoms with E-state index in [9.17, 15) is 19.7 Å². The molecule has 0 atom stereocenters. The number of nitro benzene ring substituents is 1. The summed E-state index contributed by atoms with van der Waals surface area (Å²) in [5.41, 5.74) is -0.0528. The van der Waals surface area contributed by atoms with E-state index >= 15 is 0 Å². The molecule has 0 unspecified atom stereocenters. The SMILES string of the molecule is CC(C)OC(=O)CC(=O)c1cccc([N+](=O)[O-])c1. The molecule has 0 spiro atoms. The fourth-order valence-corrected chi connectivity index (χ4v) is 1.33. The summed E-state index contributed by atoms with van der Waals surface area (Å²) >= 11 is 0. The number of ether oxygens (including phenoxy) is 1. The van der Waals surface area contributed by atoms with Gasteiger partial charge in [0.2, 0.25) is 0 Å². The van der Waals surface area contributed by atoms with E-state index in [1.165, 1.54) is 18.2 Å². The Hall–Kier alpha value is -2.24. The molecule has 1 aromatic rings. The number of Topliss-reactive ketones (excluding diaryl/α,β-unsaturated/α-hetero) is 1. The van der Waals surface area contributed by atoms with Gasteiger partial charge in [-0.3, -0.25) is 19.7 Å². The number of ketones is 1. The fourth-order valence-electron chi connectivity index (χ4n) is 1.33. The number of nitro groups is 1. The highest BCUT2D eigenvalue weighted by Gasteiger charge is 2.16. The van der Waals surface area contributed by atoms with E-state index in [-0.39, 0.29) is 17.4 Å². The number of non-ortho nitro benzene ring substituents is 1. The summed E-state index contributed by atoms with van der Waals surface area (Å²) in [6, 6.07) is 5.26. The van der Waals surface area contributed by atoms with Crippen molar-refractivity contribution in [1.29, 1.82) is 0 Å². The summed E-state index contributed by atoms with van der Waals surface area (Å²) in [5.74, 6) is -1.13. The standard InChI is InChI=1S/C12H13NO5/c1-8(2)18-12(15)7-11(14)9-4-3-5-10(6-9)13(16)17/h3-6,8H,7H2,1-2H3. The van der Waals surface area contributed by atoms with Gasteiger partial charge in [-0.2, -0.15) is 0 Å². The number of carbonyl (C=O) groups excluding carboxylic acids is 2. The van der Waals surface area contributed by atoms with Crippen molar-refractivity contribution in [3.8, 4) is 0 Å². The number of nitrogens with zero attached hydrogens (tertiary/aromatic N) is 1. The Morgan fingerprint density at radius 2 is 2.06 bits per heavy atom. The van der Waals surface area contributed by atoms with Crippen LogP contribution in [0.15, 0.2) is 24.3 Å². The summed E-state index contributed by atoms with van der Waals surface area (Å²) < 4.78 is 4.83. The number of carbonyl (C=O) groups is 2. The van der Waals surface area contributed by atoms with Gasteiger partial charge in [0.1, 0.15) is 6.42 Å². The molecule has 0 saturated heterocycles. The number of hydrogen-bond acceptors (Lipinski definition) is 5. The number of benzene rings is 1. The molecule has 6 nitrogen and oxygen atoms in total. The zero-order valence-electron chi connectivity index (χ0n) is 10.1. The van der Waals surface area contributed by atoms with E-state index < -0.39 is 23.1 Å². The molecular formula is C12H13NO5. The number of hydrogen-bond donors (Lipinski definition) is 0. The maximum atomic E-state index is 11.7. The van der Waals surface area contributed by atoms with E-state index in [0.29, 0.717) is 0 Å². The maximum absolute atomic E-state index is 11.7. The molecule has 0 aliphatic carbocycles. The van der Waals surface area contributed by atoms with Crippen molar-refractivity contribution in [2.24, 2.45) is 0 Å². The Morgan fingerprint density at radius 1 is 1.39 bits per heavy atom. The third-order valence-electron chi connectivity index (χ3n) is 2.05. The van der Waals surface area contributed by atoms with Gasteiger partial charge in [0, 0.05) is 17.7 Å². The van der Waals surface area contributed by atoms with Gasteiger partial charge in [0.15, 0.2) is 5.78 Å². The lowest BCUT2D eigenvalue weighted by atomic mass is 10.1. The molecule has 0 amide bonds. The van der Waals surface area contributed by atoms with Crippen LogP contribution in [0.4, 0.5) is 5.69 Å². The summed E-state index contributed by atoms with van der Waals surface area (Å²) in [4.78, 5) is 32.9. The van der Waals surface area contributed by atoms with Gasteiger partial charge in [0.05, 0.1) is 11.0 Å². The Balaban J connectivity index is 2.75. The second kappa shape index (κ2) is 5.90. The van der Waals surface area contributed by atoms with Crippen LogP contribution in [0, 0.1) is 10.1 Å². The Kier molecular flexibility index (Phi) is 4.53. The van der Waals surface area contributed by atoms with Gasteiger partial charge in [-0.25, -0.2) is 0 Å². The molecule has 0 fully saturated rings. The highest BCUT2D eigenvalue weighted by molar-refractivity contribution is 6.06. The quantitative estimate of drug-likeness (QED) is 0.263. The van der Waals surface area contributed by atoms with E-state index in [4.69, 9.17) is 4.74 Å². The predicted molar refractivity (Wildman–Crippen MR) is 63.3 cm³/mol. The van der Waals surface area contributed by atoms with Crippen molar-refractivity contribution in [2.45, 2.75) is 26.4 Å². The zero-order valence-corrected chi connectivity index (χ0v) is 10.1. The molecule has 6 heteroatoms. The van der Waals surface area contributed by atoms with Crippen molar-refractivity contribution in [1.82, 2.24) is 0 Å². The topological polar surface area (TPSA) is 86.5 Å². The molecule has 18 heavy (non-hydrogen) atoms. The highest BCUT2D eigenvalue weighted by Crippen LogP contribution is 2.14. The first kappa shape index (κ1) is 13.8. The van der Waals surface area contributed by atoms with E-state index in [1.807, 2.05) is 0 Å². The molecule has 96 valence electrons. The van der Waals surface area contributed by atoms with E-state index in [1.54, 1.807) is 13.8 Å². The van der Waals surface area contributed by atoms with Crippen LogP contribution in [0.25, 0.3) is 0 Å². The lowest BCUT2D eigenvalue weighted by Crippen LogP contribution is -2.15. The molecule has 1 aromatic carbocycles. The van der Waals surface area contributed by atoms with Crippen molar-refractivity contribution < 1.29 is 19.2 Å². The van der Waals surface area contributed by atoms with Gasteiger partial charge in [-0.1, -0.05) is 12.1 Å².